The molecule has 0 saturated carbocycles. The Balaban J connectivity index is 2.32. The van der Waals surface area contributed by atoms with Crippen molar-refractivity contribution in [3.63, 3.8) is 0 Å². The summed E-state index contributed by atoms with van der Waals surface area (Å²) < 4.78 is 5.66. The van der Waals surface area contributed by atoms with Crippen LogP contribution in [0.15, 0.2) is 12.1 Å². The lowest BCUT2D eigenvalue weighted by molar-refractivity contribution is 0.0280. The van der Waals surface area contributed by atoms with Crippen molar-refractivity contribution in [3.8, 4) is 5.75 Å². The SMILES string of the molecule is CC(=O)c1cc2c(cc1OCC(C)(C)O)CCCC2. The van der Waals surface area contributed by atoms with Crippen LogP contribution in [-0.2, 0) is 12.8 Å². The van der Waals surface area contributed by atoms with Crippen LogP contribution >= 0.6 is 0 Å². The molecule has 1 aliphatic rings. The topological polar surface area (TPSA) is 46.5 Å². The smallest absolute Gasteiger partial charge is 0.163 e. The minimum Gasteiger partial charge on any atom is -0.490 e. The fourth-order valence-corrected chi connectivity index (χ4v) is 2.41. The molecule has 0 heterocycles. The molecule has 1 aliphatic carbocycles. The molecule has 0 spiro atoms. The van der Waals surface area contributed by atoms with Crippen LogP contribution in [-0.4, -0.2) is 23.1 Å². The molecule has 3 heteroatoms. The number of hydrogen-bond acceptors (Lipinski definition) is 3. The predicted molar refractivity (Wildman–Crippen MR) is 74.9 cm³/mol. The van der Waals surface area contributed by atoms with Gasteiger partial charge in [-0.25, -0.2) is 0 Å². The molecule has 0 saturated heterocycles. The number of carbonyl (C=O) groups excluding carboxylic acids is 1. The van der Waals surface area contributed by atoms with E-state index in [4.69, 9.17) is 4.74 Å². The van der Waals surface area contributed by atoms with E-state index in [0.717, 1.165) is 12.8 Å². The molecular formula is C16H22O3. The van der Waals surface area contributed by atoms with Crippen LogP contribution in [0.3, 0.4) is 0 Å². The van der Waals surface area contributed by atoms with E-state index in [1.54, 1.807) is 20.8 Å². The summed E-state index contributed by atoms with van der Waals surface area (Å²) in [6.07, 6.45) is 4.47. The average molecular weight is 262 g/mol. The second kappa shape index (κ2) is 5.33. The maximum atomic E-state index is 11.7. The second-order valence-electron chi connectivity index (χ2n) is 5.98. The van der Waals surface area contributed by atoms with Crippen molar-refractivity contribution < 1.29 is 14.6 Å². The van der Waals surface area contributed by atoms with Gasteiger partial charge in [0.25, 0.3) is 0 Å². The van der Waals surface area contributed by atoms with Gasteiger partial charge in [-0.3, -0.25) is 4.79 Å². The molecule has 104 valence electrons. The molecular weight excluding hydrogens is 240 g/mol. The van der Waals surface area contributed by atoms with Crippen molar-refractivity contribution >= 4 is 5.78 Å². The Morgan fingerprint density at radius 2 is 1.84 bits per heavy atom. The van der Waals surface area contributed by atoms with Crippen molar-refractivity contribution in [3.05, 3.63) is 28.8 Å². The quantitative estimate of drug-likeness (QED) is 0.849. The lowest BCUT2D eigenvalue weighted by Gasteiger charge is -2.22. The molecule has 0 unspecified atom stereocenters. The van der Waals surface area contributed by atoms with Gasteiger partial charge in [-0.1, -0.05) is 0 Å². The number of carbonyl (C=O) groups is 1. The van der Waals surface area contributed by atoms with Crippen LogP contribution in [0.4, 0.5) is 0 Å². The Morgan fingerprint density at radius 1 is 1.26 bits per heavy atom. The lowest BCUT2D eigenvalue weighted by atomic mass is 9.89. The van der Waals surface area contributed by atoms with Crippen molar-refractivity contribution in [1.29, 1.82) is 0 Å². The van der Waals surface area contributed by atoms with Crippen molar-refractivity contribution in [2.24, 2.45) is 0 Å². The van der Waals surface area contributed by atoms with E-state index < -0.39 is 5.60 Å². The van der Waals surface area contributed by atoms with Crippen molar-refractivity contribution in [1.82, 2.24) is 0 Å². The molecule has 1 aromatic carbocycles. The summed E-state index contributed by atoms with van der Waals surface area (Å²) in [7, 11) is 0. The van der Waals surface area contributed by atoms with E-state index in [1.807, 2.05) is 12.1 Å². The van der Waals surface area contributed by atoms with Crippen LogP contribution in [0.5, 0.6) is 5.75 Å². The molecule has 19 heavy (non-hydrogen) atoms. The van der Waals surface area contributed by atoms with Gasteiger partial charge >= 0.3 is 0 Å². The first-order valence-corrected chi connectivity index (χ1v) is 6.89. The zero-order valence-corrected chi connectivity index (χ0v) is 12.0. The monoisotopic (exact) mass is 262 g/mol. The number of rotatable bonds is 4. The molecule has 1 aromatic rings. The van der Waals surface area contributed by atoms with E-state index in [2.05, 4.69) is 0 Å². The Labute approximate surface area is 114 Å². The maximum Gasteiger partial charge on any atom is 0.163 e. The molecule has 0 fully saturated rings. The summed E-state index contributed by atoms with van der Waals surface area (Å²) in [5.41, 5.74) is 2.28. The van der Waals surface area contributed by atoms with Crippen LogP contribution in [0, 0.1) is 0 Å². The number of benzene rings is 1. The zero-order chi connectivity index (χ0) is 14.0. The molecule has 0 radical (unpaired) electrons. The third-order valence-electron chi connectivity index (χ3n) is 3.40. The molecule has 0 aliphatic heterocycles. The van der Waals surface area contributed by atoms with Crippen LogP contribution in [0.2, 0.25) is 0 Å². The van der Waals surface area contributed by atoms with E-state index in [-0.39, 0.29) is 12.4 Å². The minimum atomic E-state index is -0.899. The third-order valence-corrected chi connectivity index (χ3v) is 3.40. The van der Waals surface area contributed by atoms with E-state index in [0.29, 0.717) is 11.3 Å². The van der Waals surface area contributed by atoms with Gasteiger partial charge in [-0.2, -0.15) is 0 Å². The summed E-state index contributed by atoms with van der Waals surface area (Å²) in [6.45, 7) is 5.13. The van der Waals surface area contributed by atoms with Gasteiger partial charge < -0.3 is 9.84 Å². The summed E-state index contributed by atoms with van der Waals surface area (Å²) in [5, 5.41) is 9.74. The van der Waals surface area contributed by atoms with E-state index in [1.165, 1.54) is 24.0 Å². The van der Waals surface area contributed by atoms with Gasteiger partial charge in [0.1, 0.15) is 12.4 Å². The zero-order valence-electron chi connectivity index (χ0n) is 12.0. The highest BCUT2D eigenvalue weighted by Crippen LogP contribution is 2.30. The minimum absolute atomic E-state index is 0.0131. The number of ketones is 1. The average Bonchev–Trinajstić information content (AvgIpc) is 2.34. The predicted octanol–water partition coefficient (Wildman–Crippen LogP) is 2.92. The Kier molecular flexibility index (Phi) is 3.95. The Morgan fingerprint density at radius 3 is 2.37 bits per heavy atom. The maximum absolute atomic E-state index is 11.7. The standard InChI is InChI=1S/C16H22O3/c1-11(17)14-8-12-6-4-5-7-13(12)9-15(14)19-10-16(2,3)18/h8-9,18H,4-7,10H2,1-3H3. The molecule has 0 aromatic heterocycles. The number of aliphatic hydroxyl groups is 1. The largest absolute Gasteiger partial charge is 0.490 e. The van der Waals surface area contributed by atoms with Gasteiger partial charge in [-0.05, 0) is 69.7 Å². The highest BCUT2D eigenvalue weighted by atomic mass is 16.5. The normalized spacial score (nSPS) is 14.9. The number of hydrogen-bond donors (Lipinski definition) is 1. The Bertz CT molecular complexity index is 484. The molecule has 2 rings (SSSR count). The first-order valence-electron chi connectivity index (χ1n) is 6.89. The lowest BCUT2D eigenvalue weighted by Crippen LogP contribution is -2.28. The van der Waals surface area contributed by atoms with E-state index >= 15 is 0 Å². The summed E-state index contributed by atoms with van der Waals surface area (Å²) in [4.78, 5) is 11.7. The fraction of sp³-hybridized carbons (Fsp3) is 0.562. The third kappa shape index (κ3) is 3.57. The van der Waals surface area contributed by atoms with Gasteiger partial charge in [0, 0.05) is 0 Å². The second-order valence-corrected chi connectivity index (χ2v) is 5.98. The van der Waals surface area contributed by atoms with Gasteiger partial charge in [0.05, 0.1) is 11.2 Å². The van der Waals surface area contributed by atoms with Crippen molar-refractivity contribution in [2.45, 2.75) is 52.1 Å². The molecule has 3 nitrogen and oxygen atoms in total. The summed E-state index contributed by atoms with van der Waals surface area (Å²) in [5.74, 6) is 0.620. The first-order chi connectivity index (χ1) is 8.87. The van der Waals surface area contributed by atoms with Gasteiger partial charge in [-0.15, -0.1) is 0 Å². The fourth-order valence-electron chi connectivity index (χ4n) is 2.41. The molecule has 0 bridgehead atoms. The van der Waals surface area contributed by atoms with Crippen LogP contribution in [0.1, 0.15) is 55.1 Å². The first kappa shape index (κ1) is 14.1. The number of ether oxygens (including phenoxy) is 1. The number of Topliss-reactive ketones (excluding diaryl/α,β-unsaturated/α-hetero) is 1. The molecule has 0 atom stereocenters. The number of fused-ring (bicyclic) bond motifs is 1. The highest BCUT2D eigenvalue weighted by molar-refractivity contribution is 5.97. The molecule has 1 N–H and O–H groups in total. The highest BCUT2D eigenvalue weighted by Gasteiger charge is 2.19. The van der Waals surface area contributed by atoms with Gasteiger partial charge in [0.15, 0.2) is 5.78 Å². The van der Waals surface area contributed by atoms with Gasteiger partial charge in [0.2, 0.25) is 0 Å². The summed E-state index contributed by atoms with van der Waals surface area (Å²) in [6, 6.07) is 3.95. The Hall–Kier alpha value is -1.35. The van der Waals surface area contributed by atoms with Crippen LogP contribution < -0.4 is 4.74 Å². The van der Waals surface area contributed by atoms with Crippen LogP contribution in [0.25, 0.3) is 0 Å². The van der Waals surface area contributed by atoms with E-state index in [9.17, 15) is 9.90 Å². The van der Waals surface area contributed by atoms with Crippen molar-refractivity contribution in [2.75, 3.05) is 6.61 Å². The summed E-state index contributed by atoms with van der Waals surface area (Å²) >= 11 is 0. The molecule has 0 amide bonds. The number of aryl methyl sites for hydroxylation is 2.